The summed E-state index contributed by atoms with van der Waals surface area (Å²) in [6.45, 7) is 1.52. The standard InChI is InChI=1S/C12H23N3O6/c1-12(21,6-8(16)17)9(14)10(18)15-7(11(19)20)4-2-3-5-13/h7,9,21H,2-6,13-14H2,1H3,(H,15,18)(H,16,17)(H,19,20). The lowest BCUT2D eigenvalue weighted by Crippen LogP contribution is -2.58. The highest BCUT2D eigenvalue weighted by Gasteiger charge is 2.37. The fourth-order valence-electron chi connectivity index (χ4n) is 1.71. The van der Waals surface area contributed by atoms with Crippen molar-refractivity contribution in [3.8, 4) is 0 Å². The molecule has 0 rings (SSSR count). The zero-order chi connectivity index (χ0) is 16.6. The minimum atomic E-state index is -1.98. The van der Waals surface area contributed by atoms with E-state index < -0.39 is 42.0 Å². The van der Waals surface area contributed by atoms with Crippen molar-refractivity contribution in [2.45, 2.75) is 50.3 Å². The van der Waals surface area contributed by atoms with Crippen LogP contribution < -0.4 is 16.8 Å². The Kier molecular flexibility index (Phi) is 7.85. The molecule has 0 aliphatic carbocycles. The minimum absolute atomic E-state index is 0.173. The van der Waals surface area contributed by atoms with Crippen molar-refractivity contribution >= 4 is 17.8 Å². The second-order valence-electron chi connectivity index (χ2n) is 5.09. The van der Waals surface area contributed by atoms with Gasteiger partial charge in [0.15, 0.2) is 0 Å². The number of nitrogens with two attached hydrogens (primary N) is 2. The van der Waals surface area contributed by atoms with Gasteiger partial charge in [0.2, 0.25) is 5.91 Å². The van der Waals surface area contributed by atoms with Crippen LogP contribution in [-0.4, -0.2) is 57.4 Å². The molecule has 0 aromatic rings. The van der Waals surface area contributed by atoms with Crippen LogP contribution in [0.3, 0.4) is 0 Å². The Morgan fingerprint density at radius 1 is 1.24 bits per heavy atom. The molecule has 9 nitrogen and oxygen atoms in total. The van der Waals surface area contributed by atoms with Crippen molar-refractivity contribution in [2.75, 3.05) is 6.54 Å². The molecular formula is C12H23N3O6. The molecule has 0 heterocycles. The van der Waals surface area contributed by atoms with Crippen LogP contribution in [-0.2, 0) is 14.4 Å². The average Bonchev–Trinajstić information content (AvgIpc) is 2.34. The summed E-state index contributed by atoms with van der Waals surface area (Å²) in [6, 6.07) is -2.71. The van der Waals surface area contributed by atoms with Crippen molar-refractivity contribution < 1.29 is 29.7 Å². The molecular weight excluding hydrogens is 282 g/mol. The number of unbranched alkanes of at least 4 members (excludes halogenated alkanes) is 1. The number of aliphatic hydroxyl groups is 1. The van der Waals surface area contributed by atoms with E-state index in [0.29, 0.717) is 19.4 Å². The number of carbonyl (C=O) groups excluding carboxylic acids is 1. The van der Waals surface area contributed by atoms with Crippen molar-refractivity contribution in [1.82, 2.24) is 5.32 Å². The first-order chi connectivity index (χ1) is 9.61. The second-order valence-corrected chi connectivity index (χ2v) is 5.09. The van der Waals surface area contributed by atoms with Gasteiger partial charge in [0, 0.05) is 0 Å². The number of carbonyl (C=O) groups is 3. The van der Waals surface area contributed by atoms with Gasteiger partial charge in [0.05, 0.1) is 12.0 Å². The first-order valence-corrected chi connectivity index (χ1v) is 6.54. The molecule has 0 aliphatic heterocycles. The zero-order valence-corrected chi connectivity index (χ0v) is 11.9. The first kappa shape index (κ1) is 19.3. The van der Waals surface area contributed by atoms with Gasteiger partial charge in [-0.2, -0.15) is 0 Å². The van der Waals surface area contributed by atoms with E-state index in [1.165, 1.54) is 0 Å². The number of hydrogen-bond donors (Lipinski definition) is 6. The molecule has 3 unspecified atom stereocenters. The quantitative estimate of drug-likeness (QED) is 0.257. The molecule has 0 fully saturated rings. The van der Waals surface area contributed by atoms with Gasteiger partial charge < -0.3 is 32.1 Å². The molecule has 0 aliphatic rings. The largest absolute Gasteiger partial charge is 0.481 e. The summed E-state index contributed by atoms with van der Waals surface area (Å²) in [6.07, 6.45) is 0.565. The number of carboxylic acid groups (broad SMARTS) is 2. The number of amides is 1. The van der Waals surface area contributed by atoms with Gasteiger partial charge >= 0.3 is 11.9 Å². The zero-order valence-electron chi connectivity index (χ0n) is 11.9. The predicted octanol–water partition coefficient (Wildman–Crippen LogP) is -1.76. The summed E-state index contributed by atoms with van der Waals surface area (Å²) in [4.78, 5) is 33.5. The Bertz CT molecular complexity index is 385. The smallest absolute Gasteiger partial charge is 0.326 e. The van der Waals surface area contributed by atoms with E-state index in [4.69, 9.17) is 21.7 Å². The summed E-state index contributed by atoms with van der Waals surface area (Å²) in [5, 5.41) is 29.7. The molecule has 0 saturated heterocycles. The van der Waals surface area contributed by atoms with Gasteiger partial charge in [-0.1, -0.05) is 0 Å². The molecule has 0 spiro atoms. The van der Waals surface area contributed by atoms with Gasteiger partial charge in [-0.3, -0.25) is 9.59 Å². The van der Waals surface area contributed by atoms with Gasteiger partial charge in [-0.05, 0) is 32.7 Å². The Balaban J connectivity index is 4.67. The van der Waals surface area contributed by atoms with E-state index in [2.05, 4.69) is 5.32 Å². The maximum absolute atomic E-state index is 11.8. The number of hydrogen-bond acceptors (Lipinski definition) is 6. The molecule has 0 radical (unpaired) electrons. The number of nitrogens with one attached hydrogen (secondary N) is 1. The second kappa shape index (κ2) is 8.55. The van der Waals surface area contributed by atoms with E-state index in [1.807, 2.05) is 0 Å². The van der Waals surface area contributed by atoms with E-state index in [0.717, 1.165) is 6.92 Å². The predicted molar refractivity (Wildman–Crippen MR) is 73.3 cm³/mol. The van der Waals surface area contributed by atoms with Gasteiger partial charge in [0.1, 0.15) is 12.1 Å². The van der Waals surface area contributed by atoms with Crippen LogP contribution in [0.1, 0.15) is 32.6 Å². The lowest BCUT2D eigenvalue weighted by atomic mass is 9.92. The van der Waals surface area contributed by atoms with E-state index in [-0.39, 0.29) is 6.42 Å². The molecule has 0 bridgehead atoms. The maximum Gasteiger partial charge on any atom is 0.326 e. The lowest BCUT2D eigenvalue weighted by molar-refractivity contribution is -0.147. The van der Waals surface area contributed by atoms with Crippen LogP contribution >= 0.6 is 0 Å². The molecule has 21 heavy (non-hydrogen) atoms. The minimum Gasteiger partial charge on any atom is -0.481 e. The highest BCUT2D eigenvalue weighted by atomic mass is 16.4. The topological polar surface area (TPSA) is 176 Å². The fraction of sp³-hybridized carbons (Fsp3) is 0.750. The maximum atomic E-state index is 11.8. The van der Waals surface area contributed by atoms with Crippen molar-refractivity contribution in [1.29, 1.82) is 0 Å². The molecule has 1 amide bonds. The highest BCUT2D eigenvalue weighted by Crippen LogP contribution is 2.14. The molecule has 0 aromatic carbocycles. The third kappa shape index (κ3) is 7.02. The lowest BCUT2D eigenvalue weighted by Gasteiger charge is -2.28. The normalized spacial score (nSPS) is 16.6. The number of rotatable bonds is 10. The number of carboxylic acids is 2. The van der Waals surface area contributed by atoms with Gasteiger partial charge in [-0.25, -0.2) is 4.79 Å². The van der Waals surface area contributed by atoms with Crippen LogP contribution in [0.25, 0.3) is 0 Å². The monoisotopic (exact) mass is 305 g/mol. The van der Waals surface area contributed by atoms with Crippen molar-refractivity contribution in [3.63, 3.8) is 0 Å². The average molecular weight is 305 g/mol. The third-order valence-corrected chi connectivity index (χ3v) is 3.02. The van der Waals surface area contributed by atoms with E-state index >= 15 is 0 Å². The Morgan fingerprint density at radius 3 is 2.24 bits per heavy atom. The van der Waals surface area contributed by atoms with Crippen LogP contribution in [0, 0.1) is 0 Å². The first-order valence-electron chi connectivity index (χ1n) is 6.54. The summed E-state index contributed by atoms with van der Waals surface area (Å²) in [5.74, 6) is -3.46. The third-order valence-electron chi connectivity index (χ3n) is 3.02. The fourth-order valence-corrected chi connectivity index (χ4v) is 1.71. The summed E-state index contributed by atoms with van der Waals surface area (Å²) in [5.41, 5.74) is 8.83. The van der Waals surface area contributed by atoms with E-state index in [9.17, 15) is 19.5 Å². The Morgan fingerprint density at radius 2 is 1.81 bits per heavy atom. The van der Waals surface area contributed by atoms with Crippen LogP contribution in [0.2, 0.25) is 0 Å². The SMILES string of the molecule is CC(O)(CC(=O)O)C(N)C(=O)NC(CCCCN)C(=O)O. The Hall–Kier alpha value is -1.71. The highest BCUT2D eigenvalue weighted by molar-refractivity contribution is 5.88. The molecule has 122 valence electrons. The van der Waals surface area contributed by atoms with Crippen LogP contribution in [0.4, 0.5) is 0 Å². The molecule has 0 aromatic heterocycles. The number of aliphatic carboxylic acids is 2. The summed E-state index contributed by atoms with van der Waals surface area (Å²) in [7, 11) is 0. The van der Waals surface area contributed by atoms with Gasteiger partial charge in [0.25, 0.3) is 0 Å². The van der Waals surface area contributed by atoms with Crippen molar-refractivity contribution in [3.05, 3.63) is 0 Å². The molecule has 0 saturated carbocycles. The van der Waals surface area contributed by atoms with Crippen LogP contribution in [0.5, 0.6) is 0 Å². The van der Waals surface area contributed by atoms with Crippen LogP contribution in [0.15, 0.2) is 0 Å². The Labute approximate surface area is 122 Å². The molecule has 3 atom stereocenters. The van der Waals surface area contributed by atoms with Gasteiger partial charge in [-0.15, -0.1) is 0 Å². The van der Waals surface area contributed by atoms with E-state index in [1.54, 1.807) is 0 Å². The van der Waals surface area contributed by atoms with Crippen molar-refractivity contribution in [2.24, 2.45) is 11.5 Å². The molecule has 9 heteroatoms. The summed E-state index contributed by atoms with van der Waals surface area (Å²) < 4.78 is 0. The molecule has 8 N–H and O–H groups in total. The summed E-state index contributed by atoms with van der Waals surface area (Å²) >= 11 is 0.